The molecule has 5 N–H and O–H groups in total. The lowest BCUT2D eigenvalue weighted by molar-refractivity contribution is -0.261. The molecule has 1 unspecified atom stereocenters. The second-order valence-corrected chi connectivity index (χ2v) is 8.24. The maximum atomic E-state index is 13.0. The van der Waals surface area contributed by atoms with Gasteiger partial charge in [-0.05, 0) is 39.8 Å². The molecule has 0 radical (unpaired) electrons. The van der Waals surface area contributed by atoms with E-state index in [2.05, 4.69) is 17.6 Å². The molecule has 1 fully saturated rings. The van der Waals surface area contributed by atoms with Crippen molar-refractivity contribution >= 4 is 35.8 Å². The number of aromatic nitrogens is 1. The summed E-state index contributed by atoms with van der Waals surface area (Å²) >= 11 is 4.02. The Kier molecular flexibility index (Phi) is 6.91. The third-order valence-corrected chi connectivity index (χ3v) is 6.28. The van der Waals surface area contributed by atoms with Gasteiger partial charge in [-0.3, -0.25) is 24.2 Å². The van der Waals surface area contributed by atoms with Gasteiger partial charge in [-0.1, -0.05) is 6.07 Å². The van der Waals surface area contributed by atoms with Crippen LogP contribution in [0.1, 0.15) is 32.2 Å². The van der Waals surface area contributed by atoms with Gasteiger partial charge in [0, 0.05) is 17.8 Å². The molecular formula is C20H26N2O8S. The Morgan fingerprint density at radius 3 is 2.19 bits per heavy atom. The van der Waals surface area contributed by atoms with Crippen LogP contribution in [0.15, 0.2) is 18.2 Å². The molecule has 0 aromatic carbocycles. The minimum Gasteiger partial charge on any atom is -0.385 e. The number of pyridine rings is 1. The van der Waals surface area contributed by atoms with Crippen LogP contribution >= 0.6 is 12.6 Å². The van der Waals surface area contributed by atoms with E-state index in [1.807, 2.05) is 0 Å². The van der Waals surface area contributed by atoms with Gasteiger partial charge < -0.3 is 25.8 Å². The molecule has 2 heterocycles. The van der Waals surface area contributed by atoms with Crippen molar-refractivity contribution in [2.45, 2.75) is 68.5 Å². The summed E-state index contributed by atoms with van der Waals surface area (Å²) in [7, 11) is 0. The van der Waals surface area contributed by atoms with Crippen LogP contribution in [0.3, 0.4) is 0 Å². The molecule has 0 saturated carbocycles. The van der Waals surface area contributed by atoms with Gasteiger partial charge in [-0.15, -0.1) is 12.6 Å². The van der Waals surface area contributed by atoms with Crippen LogP contribution in [-0.4, -0.2) is 77.8 Å². The van der Waals surface area contributed by atoms with Crippen molar-refractivity contribution in [1.29, 1.82) is 0 Å². The Bertz CT molecular complexity index is 940. The van der Waals surface area contributed by atoms with Crippen molar-refractivity contribution in [1.82, 2.24) is 4.98 Å². The molecule has 0 spiro atoms. The first-order valence-corrected chi connectivity index (χ1v) is 9.91. The van der Waals surface area contributed by atoms with Crippen molar-refractivity contribution in [3.05, 3.63) is 29.6 Å². The largest absolute Gasteiger partial charge is 0.385 e. The second-order valence-electron chi connectivity index (χ2n) is 7.78. The van der Waals surface area contributed by atoms with Crippen molar-refractivity contribution < 1.29 is 39.2 Å². The average molecular weight is 455 g/mol. The Balaban J connectivity index is 2.59. The fraction of sp³-hybridized carbons (Fsp3) is 0.550. The maximum Gasteiger partial charge on any atom is 0.194 e. The molecular weight excluding hydrogens is 428 g/mol. The van der Waals surface area contributed by atoms with E-state index in [9.17, 15) is 34.5 Å². The molecule has 0 amide bonds. The standard InChI is InChI=1S/C20H26N2O8S/c1-9-6-5-7-13(22-9)8-14(26)15(27)16-19(28,11(3)24)20(29,12(4)25)18(21,10(2)23)17(31)30-16/h5-7,14,16-17,26,28-29,31H,8,21H2,1-4H3/t14?,16-,17+,18+,19-,20-/m1/s1. The van der Waals surface area contributed by atoms with Gasteiger partial charge in [0.25, 0.3) is 0 Å². The van der Waals surface area contributed by atoms with Gasteiger partial charge in [0.2, 0.25) is 0 Å². The summed E-state index contributed by atoms with van der Waals surface area (Å²) in [6, 6.07) is 4.92. The van der Waals surface area contributed by atoms with E-state index >= 15 is 0 Å². The number of hydrogen-bond donors (Lipinski definition) is 5. The molecule has 10 nitrogen and oxygen atoms in total. The van der Waals surface area contributed by atoms with E-state index in [-0.39, 0.29) is 6.42 Å². The summed E-state index contributed by atoms with van der Waals surface area (Å²) in [5, 5.41) is 33.0. The quantitative estimate of drug-likeness (QED) is 0.303. The molecule has 1 aromatic rings. The molecule has 11 heteroatoms. The van der Waals surface area contributed by atoms with E-state index < -0.39 is 57.5 Å². The number of nitrogens with zero attached hydrogens (tertiary/aromatic N) is 1. The normalized spacial score (nSPS) is 34.1. The summed E-state index contributed by atoms with van der Waals surface area (Å²) in [6.07, 6.45) is -4.37. The fourth-order valence-corrected chi connectivity index (χ4v) is 4.40. The van der Waals surface area contributed by atoms with Crippen LogP contribution in [0.4, 0.5) is 0 Å². The number of hydrogen-bond acceptors (Lipinski definition) is 11. The molecule has 170 valence electrons. The van der Waals surface area contributed by atoms with E-state index in [0.29, 0.717) is 11.4 Å². The smallest absolute Gasteiger partial charge is 0.194 e. The first-order chi connectivity index (χ1) is 14.1. The van der Waals surface area contributed by atoms with Crippen molar-refractivity contribution in [2.24, 2.45) is 5.73 Å². The fourth-order valence-electron chi connectivity index (χ4n) is 3.91. The summed E-state index contributed by atoms with van der Waals surface area (Å²) in [6.45, 7) is 4.23. The van der Waals surface area contributed by atoms with Gasteiger partial charge in [-0.2, -0.15) is 0 Å². The van der Waals surface area contributed by atoms with E-state index in [1.165, 1.54) is 0 Å². The van der Waals surface area contributed by atoms with E-state index in [0.717, 1.165) is 20.8 Å². The molecule has 1 aliphatic heterocycles. The van der Waals surface area contributed by atoms with Gasteiger partial charge in [0.15, 0.2) is 40.4 Å². The lowest BCUT2D eigenvalue weighted by atomic mass is 9.59. The Labute approximate surface area is 184 Å². The highest BCUT2D eigenvalue weighted by atomic mass is 32.1. The highest BCUT2D eigenvalue weighted by molar-refractivity contribution is 7.80. The minimum absolute atomic E-state index is 0.301. The summed E-state index contributed by atoms with van der Waals surface area (Å²) in [4.78, 5) is 54.5. The average Bonchev–Trinajstić information content (AvgIpc) is 2.67. The number of Topliss-reactive ketones (excluding diaryl/α,β-unsaturated/α-hetero) is 4. The SMILES string of the molecule is CC(=O)[C@]1(O)[C@@](O)(C(C)=O)[C@@H](C(=O)C(O)Cc2cccc(C)n2)O[C@@H](S)[C@@]1(N)C(C)=O. The second kappa shape index (κ2) is 8.49. The predicted molar refractivity (Wildman–Crippen MR) is 110 cm³/mol. The summed E-state index contributed by atoms with van der Waals surface area (Å²) in [5.41, 5.74) is -4.00. The summed E-state index contributed by atoms with van der Waals surface area (Å²) < 4.78 is 5.34. The zero-order chi connectivity index (χ0) is 23.9. The number of aliphatic hydroxyl groups is 3. The van der Waals surface area contributed by atoms with E-state index in [4.69, 9.17) is 10.5 Å². The lowest BCUT2D eigenvalue weighted by Gasteiger charge is -2.57. The van der Waals surface area contributed by atoms with Gasteiger partial charge in [-0.25, -0.2) is 0 Å². The van der Waals surface area contributed by atoms with Crippen LogP contribution in [0.5, 0.6) is 0 Å². The lowest BCUT2D eigenvalue weighted by Crippen LogP contribution is -2.88. The van der Waals surface area contributed by atoms with Gasteiger partial charge in [0.05, 0.1) is 0 Å². The van der Waals surface area contributed by atoms with Crippen LogP contribution in [0.2, 0.25) is 0 Å². The molecule has 1 aliphatic rings. The van der Waals surface area contributed by atoms with Gasteiger partial charge in [0.1, 0.15) is 17.1 Å². The Hall–Kier alpha value is -2.02. The number of aliphatic hydroxyl groups excluding tert-OH is 1. The van der Waals surface area contributed by atoms with Crippen molar-refractivity contribution in [3.63, 3.8) is 0 Å². The third kappa shape index (κ3) is 3.65. The predicted octanol–water partition coefficient (Wildman–Crippen LogP) is -1.56. The molecule has 2 rings (SSSR count). The number of nitrogens with two attached hydrogens (primary N) is 1. The molecule has 1 aromatic heterocycles. The third-order valence-electron chi connectivity index (χ3n) is 5.75. The van der Waals surface area contributed by atoms with Crippen molar-refractivity contribution in [3.8, 4) is 0 Å². The number of ketones is 4. The number of ether oxygens (including phenoxy) is 1. The Morgan fingerprint density at radius 1 is 1.16 bits per heavy atom. The highest BCUT2D eigenvalue weighted by Gasteiger charge is 2.77. The van der Waals surface area contributed by atoms with Crippen LogP contribution in [-0.2, 0) is 30.3 Å². The minimum atomic E-state index is -3.27. The molecule has 0 aliphatic carbocycles. The molecule has 6 atom stereocenters. The number of rotatable bonds is 7. The molecule has 31 heavy (non-hydrogen) atoms. The number of carbonyl (C=O) groups excluding carboxylic acids is 4. The number of aryl methyl sites for hydroxylation is 1. The van der Waals surface area contributed by atoms with Crippen LogP contribution in [0, 0.1) is 6.92 Å². The maximum absolute atomic E-state index is 13.0. The van der Waals surface area contributed by atoms with Crippen LogP contribution < -0.4 is 5.73 Å². The first-order valence-electron chi connectivity index (χ1n) is 9.40. The topological polar surface area (TPSA) is 177 Å². The monoisotopic (exact) mass is 454 g/mol. The van der Waals surface area contributed by atoms with E-state index in [1.54, 1.807) is 25.1 Å². The zero-order valence-electron chi connectivity index (χ0n) is 17.5. The van der Waals surface area contributed by atoms with Crippen molar-refractivity contribution in [2.75, 3.05) is 0 Å². The molecule has 0 bridgehead atoms. The zero-order valence-corrected chi connectivity index (χ0v) is 18.4. The van der Waals surface area contributed by atoms with Crippen LogP contribution in [0.25, 0.3) is 0 Å². The number of thiol groups is 1. The molecule has 1 saturated heterocycles. The number of carbonyl (C=O) groups is 4. The summed E-state index contributed by atoms with van der Waals surface area (Å²) in [5.74, 6) is -4.75. The van der Waals surface area contributed by atoms with Gasteiger partial charge >= 0.3 is 0 Å². The highest BCUT2D eigenvalue weighted by Crippen LogP contribution is 2.46. The Morgan fingerprint density at radius 2 is 1.74 bits per heavy atom. The first kappa shape index (κ1) is 25.2.